The second-order valence-electron chi connectivity index (χ2n) is 7.81. The fraction of sp³-hybridized carbons (Fsp3) is 0.208. The Morgan fingerprint density at radius 3 is 2.49 bits per heavy atom. The monoisotopic (exact) mass is 508 g/mol. The molecule has 4 aromatic rings. The molecule has 0 aliphatic carbocycles. The van der Waals surface area contributed by atoms with Crippen LogP contribution in [0.15, 0.2) is 53.7 Å². The number of carbonyl (C=O) groups is 1. The van der Waals surface area contributed by atoms with Gasteiger partial charge in [-0.2, -0.15) is 0 Å². The zero-order chi connectivity index (χ0) is 24.4. The number of amides is 1. The number of halogens is 1. The van der Waals surface area contributed by atoms with Crippen LogP contribution in [0.2, 0.25) is 5.02 Å². The fourth-order valence-electron chi connectivity index (χ4n) is 3.60. The van der Waals surface area contributed by atoms with Crippen molar-refractivity contribution in [3.05, 3.63) is 76.3 Å². The van der Waals surface area contributed by atoms with Crippen LogP contribution in [0.4, 0.5) is 5.69 Å². The van der Waals surface area contributed by atoms with Gasteiger partial charge in [0.15, 0.2) is 22.3 Å². The van der Waals surface area contributed by atoms with Gasteiger partial charge < -0.3 is 14.8 Å². The van der Waals surface area contributed by atoms with Crippen LogP contribution in [0.3, 0.4) is 0 Å². The minimum atomic E-state index is -0.390. The zero-order valence-corrected chi connectivity index (χ0v) is 20.6. The Hall–Kier alpha value is -3.63. The second-order valence-corrected chi connectivity index (χ2v) is 9.19. The molecule has 178 valence electrons. The molecular weight excluding hydrogens is 488 g/mol. The number of benzene rings is 2. The predicted molar refractivity (Wildman–Crippen MR) is 133 cm³/mol. The summed E-state index contributed by atoms with van der Waals surface area (Å²) >= 11 is 7.47. The molecular formula is C24H21ClN6O3S. The van der Waals surface area contributed by atoms with Crippen molar-refractivity contribution >= 4 is 35.0 Å². The largest absolute Gasteiger partial charge is 0.486 e. The summed E-state index contributed by atoms with van der Waals surface area (Å²) in [5, 5.41) is 12.6. The van der Waals surface area contributed by atoms with Crippen molar-refractivity contribution in [3.8, 4) is 17.2 Å². The Morgan fingerprint density at radius 1 is 1.03 bits per heavy atom. The van der Waals surface area contributed by atoms with Crippen molar-refractivity contribution < 1.29 is 14.3 Å². The number of rotatable bonds is 6. The van der Waals surface area contributed by atoms with E-state index in [1.807, 2.05) is 32.0 Å². The van der Waals surface area contributed by atoms with Gasteiger partial charge in [-0.3, -0.25) is 4.79 Å². The highest BCUT2D eigenvalue weighted by atomic mass is 35.5. The van der Waals surface area contributed by atoms with Gasteiger partial charge in [-0.05, 0) is 56.3 Å². The van der Waals surface area contributed by atoms with Crippen molar-refractivity contribution in [2.45, 2.75) is 24.8 Å². The quantitative estimate of drug-likeness (QED) is 0.296. The molecule has 1 aliphatic rings. The number of anilines is 1. The van der Waals surface area contributed by atoms with Gasteiger partial charge in [0.05, 0.1) is 11.4 Å². The van der Waals surface area contributed by atoms with Gasteiger partial charge in [-0.1, -0.05) is 28.6 Å². The number of carbonyl (C=O) groups excluding carboxylic acids is 1. The molecule has 2 aromatic carbocycles. The molecule has 9 nitrogen and oxygen atoms in total. The van der Waals surface area contributed by atoms with Gasteiger partial charge in [0.2, 0.25) is 0 Å². The topological polar surface area (TPSA) is 104 Å². The lowest BCUT2D eigenvalue weighted by Crippen LogP contribution is -2.17. The molecule has 0 saturated heterocycles. The molecule has 0 atom stereocenters. The van der Waals surface area contributed by atoms with E-state index in [0.29, 0.717) is 52.0 Å². The maximum atomic E-state index is 13.3. The number of hydrogen-bond acceptors (Lipinski definition) is 8. The fourth-order valence-corrected chi connectivity index (χ4v) is 4.67. The molecule has 2 aromatic heterocycles. The normalized spacial score (nSPS) is 12.4. The predicted octanol–water partition coefficient (Wildman–Crippen LogP) is 4.64. The molecule has 0 unspecified atom stereocenters. The average Bonchev–Trinajstić information content (AvgIpc) is 3.26. The van der Waals surface area contributed by atoms with Gasteiger partial charge in [0.1, 0.15) is 13.2 Å². The van der Waals surface area contributed by atoms with Crippen LogP contribution in [-0.4, -0.2) is 44.1 Å². The lowest BCUT2D eigenvalue weighted by Gasteiger charge is -2.18. The minimum absolute atomic E-state index is 0.201. The molecule has 1 aliphatic heterocycles. The minimum Gasteiger partial charge on any atom is -0.486 e. The smallest absolute Gasteiger partial charge is 0.278 e. The Balaban J connectivity index is 1.45. The van der Waals surface area contributed by atoms with Crippen molar-refractivity contribution in [1.82, 2.24) is 25.0 Å². The first-order chi connectivity index (χ1) is 17.0. The number of thioether (sulfide) groups is 1. The van der Waals surface area contributed by atoms with Crippen molar-refractivity contribution in [1.29, 1.82) is 0 Å². The summed E-state index contributed by atoms with van der Waals surface area (Å²) in [7, 11) is 0. The van der Waals surface area contributed by atoms with Gasteiger partial charge in [0, 0.05) is 33.9 Å². The molecule has 1 N–H and O–H groups in total. The van der Waals surface area contributed by atoms with Gasteiger partial charge in [-0.15, -0.1) is 5.10 Å². The first-order valence-electron chi connectivity index (χ1n) is 10.8. The van der Waals surface area contributed by atoms with E-state index in [4.69, 9.17) is 21.1 Å². The number of aryl methyl sites for hydroxylation is 2. The summed E-state index contributed by atoms with van der Waals surface area (Å²) in [6, 6.07) is 14.3. The molecule has 5 rings (SSSR count). The van der Waals surface area contributed by atoms with E-state index < -0.39 is 0 Å². The van der Waals surface area contributed by atoms with E-state index in [-0.39, 0.29) is 11.6 Å². The summed E-state index contributed by atoms with van der Waals surface area (Å²) in [6.07, 6.45) is 0. The second kappa shape index (κ2) is 9.93. The Morgan fingerprint density at radius 2 is 1.74 bits per heavy atom. The first kappa shape index (κ1) is 23.1. The van der Waals surface area contributed by atoms with Crippen LogP contribution in [0.5, 0.6) is 11.5 Å². The van der Waals surface area contributed by atoms with Crippen LogP contribution in [0.1, 0.15) is 27.6 Å². The highest BCUT2D eigenvalue weighted by molar-refractivity contribution is 7.98. The molecule has 1 amide bonds. The summed E-state index contributed by atoms with van der Waals surface area (Å²) < 4.78 is 12.8. The van der Waals surface area contributed by atoms with Crippen LogP contribution in [0.25, 0.3) is 5.69 Å². The number of aromatic nitrogens is 5. The van der Waals surface area contributed by atoms with Crippen LogP contribution in [0, 0.1) is 13.8 Å². The first-order valence-corrected chi connectivity index (χ1v) is 12.2. The van der Waals surface area contributed by atoms with Crippen LogP contribution >= 0.6 is 23.4 Å². The van der Waals surface area contributed by atoms with Crippen molar-refractivity contribution in [2.24, 2.45) is 0 Å². The Labute approximate surface area is 210 Å². The number of fused-ring (bicyclic) bond motifs is 1. The SMILES string of the molecule is Cc1cc(C)nc(SCc2c(C(=O)Nc3ccc4c(c3)OCCO4)nnn2-c2ccc(Cl)cc2)n1. The van der Waals surface area contributed by atoms with Crippen LogP contribution in [-0.2, 0) is 5.75 Å². The summed E-state index contributed by atoms with van der Waals surface area (Å²) in [5.41, 5.74) is 3.86. The molecule has 3 heterocycles. The lowest BCUT2D eigenvalue weighted by atomic mass is 10.2. The third-order valence-corrected chi connectivity index (χ3v) is 6.26. The van der Waals surface area contributed by atoms with Crippen molar-refractivity contribution in [2.75, 3.05) is 18.5 Å². The Bertz CT molecular complexity index is 1370. The number of nitrogens with zero attached hydrogens (tertiary/aromatic N) is 5. The van der Waals surface area contributed by atoms with E-state index in [1.54, 1.807) is 35.0 Å². The summed E-state index contributed by atoms with van der Waals surface area (Å²) in [4.78, 5) is 22.2. The van der Waals surface area contributed by atoms with E-state index in [2.05, 4.69) is 25.6 Å². The van der Waals surface area contributed by atoms with Gasteiger partial charge >= 0.3 is 0 Å². The van der Waals surface area contributed by atoms with E-state index in [0.717, 1.165) is 17.1 Å². The molecule has 0 fully saturated rings. The third-order valence-electron chi connectivity index (χ3n) is 5.15. The number of ether oxygens (including phenoxy) is 2. The van der Waals surface area contributed by atoms with E-state index in [9.17, 15) is 4.79 Å². The molecule has 0 saturated carbocycles. The molecule has 0 bridgehead atoms. The molecule has 35 heavy (non-hydrogen) atoms. The summed E-state index contributed by atoms with van der Waals surface area (Å²) in [6.45, 7) is 4.80. The lowest BCUT2D eigenvalue weighted by molar-refractivity contribution is 0.102. The van der Waals surface area contributed by atoms with Gasteiger partial charge in [0.25, 0.3) is 5.91 Å². The maximum Gasteiger partial charge on any atom is 0.278 e. The maximum absolute atomic E-state index is 13.3. The highest BCUT2D eigenvalue weighted by Gasteiger charge is 2.22. The number of nitrogens with one attached hydrogen (secondary N) is 1. The van der Waals surface area contributed by atoms with Gasteiger partial charge in [-0.25, -0.2) is 14.6 Å². The highest BCUT2D eigenvalue weighted by Crippen LogP contribution is 2.33. The standard InChI is InChI=1S/C24H21ClN6O3S/c1-14-11-15(2)27-24(26-14)35-13-19-22(29-30-31(19)18-6-3-16(25)4-7-18)23(32)28-17-5-8-20-21(12-17)34-10-9-33-20/h3-8,11-12H,9-10,13H2,1-2H3,(H,28,32). The van der Waals surface area contributed by atoms with Crippen molar-refractivity contribution in [3.63, 3.8) is 0 Å². The van der Waals surface area contributed by atoms with E-state index in [1.165, 1.54) is 11.8 Å². The average molecular weight is 509 g/mol. The molecule has 0 spiro atoms. The molecule has 11 heteroatoms. The summed E-state index contributed by atoms with van der Waals surface area (Å²) in [5.74, 6) is 1.22. The number of hydrogen-bond donors (Lipinski definition) is 1. The third kappa shape index (κ3) is 5.23. The molecule has 0 radical (unpaired) electrons. The van der Waals surface area contributed by atoms with Crippen LogP contribution < -0.4 is 14.8 Å². The Kier molecular flexibility index (Phi) is 6.56. The zero-order valence-electron chi connectivity index (χ0n) is 19.0. The van der Waals surface area contributed by atoms with E-state index >= 15 is 0 Å².